The highest BCUT2D eigenvalue weighted by atomic mass is 16.5. The summed E-state index contributed by atoms with van der Waals surface area (Å²) in [6.07, 6.45) is 1.55. The van der Waals surface area contributed by atoms with Crippen LogP contribution in [0, 0.1) is 0 Å². The molecule has 5 heteroatoms. The van der Waals surface area contributed by atoms with Crippen LogP contribution < -0.4 is 15.4 Å². The summed E-state index contributed by atoms with van der Waals surface area (Å²) in [5, 5.41) is 6.53. The summed E-state index contributed by atoms with van der Waals surface area (Å²) in [6, 6.07) is 20.2. The molecule has 0 unspecified atom stereocenters. The average molecular weight is 334 g/mol. The molecule has 2 aromatic carbocycles. The van der Waals surface area contributed by atoms with Gasteiger partial charge in [-0.05, 0) is 43.7 Å². The number of ether oxygens (including phenoxy) is 1. The Kier molecular flexibility index (Phi) is 5.46. The van der Waals surface area contributed by atoms with Crippen LogP contribution in [0.5, 0.6) is 5.75 Å². The normalized spacial score (nSPS) is 10.5. The summed E-state index contributed by atoms with van der Waals surface area (Å²) >= 11 is 0. The van der Waals surface area contributed by atoms with Crippen molar-refractivity contribution in [3.05, 3.63) is 72.6 Å². The van der Waals surface area contributed by atoms with Gasteiger partial charge in [-0.3, -0.25) is 0 Å². The van der Waals surface area contributed by atoms with Crippen molar-refractivity contribution in [1.29, 1.82) is 0 Å². The molecule has 2 N–H and O–H groups in total. The molecule has 25 heavy (non-hydrogen) atoms. The first-order chi connectivity index (χ1) is 12.2. The topological polar surface area (TPSA) is 59.1 Å². The smallest absolute Gasteiger partial charge is 0.135 e. The van der Waals surface area contributed by atoms with Gasteiger partial charge in [0.2, 0.25) is 0 Å². The Morgan fingerprint density at radius 1 is 0.920 bits per heavy atom. The molecule has 0 saturated heterocycles. The lowest BCUT2D eigenvalue weighted by molar-refractivity contribution is 0.306. The minimum atomic E-state index is 0.323. The van der Waals surface area contributed by atoms with Gasteiger partial charge in [-0.1, -0.05) is 30.3 Å². The average Bonchev–Trinajstić information content (AvgIpc) is 2.62. The molecule has 0 bridgehead atoms. The lowest BCUT2D eigenvalue weighted by Gasteiger charge is -2.11. The molecule has 3 aromatic rings. The molecular formula is C20H22N4O. The van der Waals surface area contributed by atoms with E-state index in [2.05, 4.69) is 34.4 Å². The quantitative estimate of drug-likeness (QED) is 0.660. The van der Waals surface area contributed by atoms with Gasteiger partial charge in [-0.15, -0.1) is 0 Å². The van der Waals surface area contributed by atoms with Crippen LogP contribution in [0.25, 0.3) is 0 Å². The van der Waals surface area contributed by atoms with Gasteiger partial charge in [0.05, 0.1) is 0 Å². The Morgan fingerprint density at radius 2 is 1.64 bits per heavy atom. The van der Waals surface area contributed by atoms with E-state index in [-0.39, 0.29) is 0 Å². The Balaban J connectivity index is 1.59. The van der Waals surface area contributed by atoms with Crippen LogP contribution in [-0.2, 0) is 6.61 Å². The van der Waals surface area contributed by atoms with Crippen molar-refractivity contribution in [2.45, 2.75) is 26.5 Å². The van der Waals surface area contributed by atoms with Crippen molar-refractivity contribution in [1.82, 2.24) is 9.97 Å². The number of rotatable bonds is 7. The van der Waals surface area contributed by atoms with Gasteiger partial charge in [0.15, 0.2) is 0 Å². The van der Waals surface area contributed by atoms with Gasteiger partial charge in [-0.25, -0.2) is 9.97 Å². The number of nitrogens with zero attached hydrogens (tertiary/aromatic N) is 2. The predicted octanol–water partition coefficient (Wildman–Crippen LogP) is 4.62. The van der Waals surface area contributed by atoms with Gasteiger partial charge < -0.3 is 15.4 Å². The first-order valence-corrected chi connectivity index (χ1v) is 8.31. The molecule has 3 rings (SSSR count). The van der Waals surface area contributed by atoms with Crippen LogP contribution in [0.2, 0.25) is 0 Å². The minimum absolute atomic E-state index is 0.323. The largest absolute Gasteiger partial charge is 0.489 e. The first kappa shape index (κ1) is 16.8. The molecule has 0 radical (unpaired) electrons. The highest BCUT2D eigenvalue weighted by molar-refractivity contribution is 5.59. The van der Waals surface area contributed by atoms with E-state index in [0.717, 1.165) is 28.6 Å². The number of hydrogen-bond acceptors (Lipinski definition) is 5. The number of hydrogen-bond donors (Lipinski definition) is 2. The standard InChI is InChI=1S/C20H22N4O/c1-15(2)23-19-12-20(22-14-21-19)24-17-8-10-18(11-9-17)25-13-16-6-4-3-5-7-16/h3-12,14-15H,13H2,1-2H3,(H2,21,22,23,24). The van der Waals surface area contributed by atoms with E-state index in [4.69, 9.17) is 4.74 Å². The van der Waals surface area contributed by atoms with E-state index < -0.39 is 0 Å². The lowest BCUT2D eigenvalue weighted by Crippen LogP contribution is -2.11. The summed E-state index contributed by atoms with van der Waals surface area (Å²) < 4.78 is 5.80. The maximum atomic E-state index is 5.80. The third kappa shape index (κ3) is 5.21. The molecule has 0 saturated carbocycles. The fourth-order valence-corrected chi connectivity index (χ4v) is 2.32. The number of aromatic nitrogens is 2. The second kappa shape index (κ2) is 8.15. The van der Waals surface area contributed by atoms with Gasteiger partial charge in [0, 0.05) is 17.8 Å². The monoisotopic (exact) mass is 334 g/mol. The predicted molar refractivity (Wildman–Crippen MR) is 101 cm³/mol. The van der Waals surface area contributed by atoms with Crippen LogP contribution >= 0.6 is 0 Å². The van der Waals surface area contributed by atoms with Crippen molar-refractivity contribution in [3.8, 4) is 5.75 Å². The van der Waals surface area contributed by atoms with Crippen LogP contribution in [0.4, 0.5) is 17.3 Å². The number of anilines is 3. The van der Waals surface area contributed by atoms with Crippen molar-refractivity contribution in [2.75, 3.05) is 10.6 Å². The van der Waals surface area contributed by atoms with E-state index in [1.165, 1.54) is 0 Å². The Morgan fingerprint density at radius 3 is 2.36 bits per heavy atom. The van der Waals surface area contributed by atoms with Gasteiger partial charge in [-0.2, -0.15) is 0 Å². The Bertz CT molecular complexity index is 788. The van der Waals surface area contributed by atoms with Gasteiger partial charge >= 0.3 is 0 Å². The van der Waals surface area contributed by atoms with Crippen LogP contribution in [0.15, 0.2) is 67.0 Å². The summed E-state index contributed by atoms with van der Waals surface area (Å²) in [7, 11) is 0. The molecule has 0 aliphatic heterocycles. The third-order valence-electron chi connectivity index (χ3n) is 3.48. The molecule has 0 aliphatic carbocycles. The fourth-order valence-electron chi connectivity index (χ4n) is 2.32. The number of nitrogens with one attached hydrogen (secondary N) is 2. The zero-order valence-electron chi connectivity index (χ0n) is 14.4. The van der Waals surface area contributed by atoms with E-state index in [9.17, 15) is 0 Å². The summed E-state index contributed by atoms with van der Waals surface area (Å²) in [6.45, 7) is 4.70. The van der Waals surface area contributed by atoms with Crippen molar-refractivity contribution in [3.63, 3.8) is 0 Å². The highest BCUT2D eigenvalue weighted by Gasteiger charge is 2.02. The fraction of sp³-hybridized carbons (Fsp3) is 0.200. The minimum Gasteiger partial charge on any atom is -0.489 e. The summed E-state index contributed by atoms with van der Waals surface area (Å²) in [5.74, 6) is 2.38. The molecular weight excluding hydrogens is 312 g/mol. The van der Waals surface area contributed by atoms with Crippen LogP contribution in [0.1, 0.15) is 19.4 Å². The molecule has 5 nitrogen and oxygen atoms in total. The van der Waals surface area contributed by atoms with Crippen molar-refractivity contribution >= 4 is 17.3 Å². The van der Waals surface area contributed by atoms with E-state index in [1.807, 2.05) is 60.7 Å². The molecule has 0 amide bonds. The molecule has 0 atom stereocenters. The molecule has 0 fully saturated rings. The third-order valence-corrected chi connectivity index (χ3v) is 3.48. The Hall–Kier alpha value is -3.08. The molecule has 0 aliphatic rings. The van der Waals surface area contributed by atoms with Crippen LogP contribution in [-0.4, -0.2) is 16.0 Å². The van der Waals surface area contributed by atoms with E-state index >= 15 is 0 Å². The lowest BCUT2D eigenvalue weighted by atomic mass is 10.2. The molecule has 0 spiro atoms. The summed E-state index contributed by atoms with van der Waals surface area (Å²) in [4.78, 5) is 8.45. The molecule has 128 valence electrons. The molecule has 1 aromatic heterocycles. The van der Waals surface area contributed by atoms with Crippen molar-refractivity contribution in [2.24, 2.45) is 0 Å². The summed E-state index contributed by atoms with van der Waals surface area (Å²) in [5.41, 5.74) is 2.09. The Labute approximate surface area is 148 Å². The first-order valence-electron chi connectivity index (χ1n) is 8.31. The second-order valence-corrected chi connectivity index (χ2v) is 6.01. The van der Waals surface area contributed by atoms with Crippen LogP contribution in [0.3, 0.4) is 0 Å². The zero-order chi connectivity index (χ0) is 17.5. The maximum absolute atomic E-state index is 5.80. The second-order valence-electron chi connectivity index (χ2n) is 6.01. The maximum Gasteiger partial charge on any atom is 0.135 e. The van der Waals surface area contributed by atoms with E-state index in [1.54, 1.807) is 6.33 Å². The molecule has 1 heterocycles. The van der Waals surface area contributed by atoms with Gasteiger partial charge in [0.1, 0.15) is 30.3 Å². The van der Waals surface area contributed by atoms with Gasteiger partial charge in [0.25, 0.3) is 0 Å². The number of benzene rings is 2. The zero-order valence-corrected chi connectivity index (χ0v) is 14.4. The van der Waals surface area contributed by atoms with Crippen molar-refractivity contribution < 1.29 is 4.74 Å². The SMILES string of the molecule is CC(C)Nc1cc(Nc2ccc(OCc3ccccc3)cc2)ncn1. The van der Waals surface area contributed by atoms with E-state index in [0.29, 0.717) is 12.6 Å². The highest BCUT2D eigenvalue weighted by Crippen LogP contribution is 2.20.